The number of aromatic nitrogens is 1. The summed E-state index contributed by atoms with van der Waals surface area (Å²) >= 11 is 0. The number of H-pyrrole nitrogens is 1. The van der Waals surface area contributed by atoms with E-state index in [1.165, 1.54) is 0 Å². The molecule has 9 nitrogen and oxygen atoms in total. The average Bonchev–Trinajstić information content (AvgIpc) is 3.40. The van der Waals surface area contributed by atoms with E-state index >= 15 is 0 Å². The molecule has 1 saturated carbocycles. The molecular formula is C22H32N2O7S. The van der Waals surface area contributed by atoms with E-state index in [-0.39, 0.29) is 46.9 Å². The summed E-state index contributed by atoms with van der Waals surface area (Å²) in [7, 11) is -3.15. The van der Waals surface area contributed by atoms with Crippen LogP contribution < -0.4 is 0 Å². The van der Waals surface area contributed by atoms with Gasteiger partial charge in [0.1, 0.15) is 5.69 Å². The molecule has 2 aliphatic rings. The average molecular weight is 469 g/mol. The van der Waals surface area contributed by atoms with Gasteiger partial charge in [0.05, 0.1) is 23.2 Å². The summed E-state index contributed by atoms with van der Waals surface area (Å²) < 4.78 is 34.4. The SMILES string of the molecule is Cc1[nH]c(C(=O)OCC(=O)N(C2CCCC2)C2CCS(=O)(=O)C2)c(C)c1C(=O)OC(C)C. The molecule has 1 N–H and O–H groups in total. The number of amides is 1. The summed E-state index contributed by atoms with van der Waals surface area (Å²) in [6.07, 6.45) is 3.74. The van der Waals surface area contributed by atoms with Crippen molar-refractivity contribution in [1.29, 1.82) is 0 Å². The molecule has 0 radical (unpaired) electrons. The molecule has 3 rings (SSSR count). The van der Waals surface area contributed by atoms with Crippen molar-refractivity contribution < 1.29 is 32.3 Å². The molecule has 1 unspecified atom stereocenters. The van der Waals surface area contributed by atoms with Crippen LogP contribution in [0.3, 0.4) is 0 Å². The van der Waals surface area contributed by atoms with Gasteiger partial charge in [0.25, 0.3) is 5.91 Å². The van der Waals surface area contributed by atoms with Crippen molar-refractivity contribution in [3.63, 3.8) is 0 Å². The van der Waals surface area contributed by atoms with E-state index in [0.717, 1.165) is 25.7 Å². The molecule has 1 amide bonds. The molecule has 2 heterocycles. The first-order chi connectivity index (χ1) is 15.0. The van der Waals surface area contributed by atoms with Gasteiger partial charge in [0, 0.05) is 17.8 Å². The third-order valence-corrected chi connectivity index (χ3v) is 7.87. The minimum Gasteiger partial charge on any atom is -0.459 e. The zero-order chi connectivity index (χ0) is 23.6. The number of carbonyl (C=O) groups is 3. The number of nitrogens with zero attached hydrogens (tertiary/aromatic N) is 1. The summed E-state index contributed by atoms with van der Waals surface area (Å²) in [5.41, 5.74) is 1.26. The lowest BCUT2D eigenvalue weighted by molar-refractivity contribution is -0.139. The highest BCUT2D eigenvalue weighted by Gasteiger charge is 2.39. The van der Waals surface area contributed by atoms with Gasteiger partial charge >= 0.3 is 11.9 Å². The fourth-order valence-electron chi connectivity index (χ4n) is 4.69. The Morgan fingerprint density at radius 3 is 2.28 bits per heavy atom. The third kappa shape index (κ3) is 5.33. The van der Waals surface area contributed by atoms with Crippen molar-refractivity contribution in [3.05, 3.63) is 22.5 Å². The predicted molar refractivity (Wildman–Crippen MR) is 117 cm³/mol. The van der Waals surface area contributed by atoms with Crippen molar-refractivity contribution in [2.24, 2.45) is 0 Å². The number of hydrogen-bond donors (Lipinski definition) is 1. The molecule has 1 aromatic rings. The topological polar surface area (TPSA) is 123 Å². The Labute approximate surface area is 188 Å². The fourth-order valence-corrected chi connectivity index (χ4v) is 6.40. The number of ether oxygens (including phenoxy) is 2. The van der Waals surface area contributed by atoms with Crippen LogP contribution in [0.1, 0.15) is 78.1 Å². The van der Waals surface area contributed by atoms with Crippen LogP contribution in [0, 0.1) is 13.8 Å². The number of carbonyl (C=O) groups excluding carboxylic acids is 3. The highest BCUT2D eigenvalue weighted by molar-refractivity contribution is 7.91. The van der Waals surface area contributed by atoms with E-state index in [2.05, 4.69) is 4.98 Å². The van der Waals surface area contributed by atoms with Crippen LogP contribution >= 0.6 is 0 Å². The quantitative estimate of drug-likeness (QED) is 0.609. The fraction of sp³-hybridized carbons (Fsp3) is 0.682. The molecule has 1 aliphatic carbocycles. The predicted octanol–water partition coefficient (Wildman–Crippen LogP) is 2.31. The van der Waals surface area contributed by atoms with Gasteiger partial charge in [-0.05, 0) is 52.5 Å². The molecule has 0 aromatic carbocycles. The monoisotopic (exact) mass is 468 g/mol. The molecule has 32 heavy (non-hydrogen) atoms. The molecule has 1 saturated heterocycles. The molecular weight excluding hydrogens is 436 g/mol. The van der Waals surface area contributed by atoms with Crippen molar-refractivity contribution >= 4 is 27.7 Å². The summed E-state index contributed by atoms with van der Waals surface area (Å²) in [6.45, 7) is 6.28. The van der Waals surface area contributed by atoms with Crippen molar-refractivity contribution in [1.82, 2.24) is 9.88 Å². The van der Waals surface area contributed by atoms with E-state index < -0.39 is 28.4 Å². The second-order valence-corrected chi connectivity index (χ2v) is 11.2. The van der Waals surface area contributed by atoms with E-state index in [4.69, 9.17) is 9.47 Å². The molecule has 1 aromatic heterocycles. The zero-order valence-corrected chi connectivity index (χ0v) is 19.9. The Hall–Kier alpha value is -2.36. The van der Waals surface area contributed by atoms with Crippen molar-refractivity contribution in [2.75, 3.05) is 18.1 Å². The largest absolute Gasteiger partial charge is 0.459 e. The minimum atomic E-state index is -3.15. The molecule has 178 valence electrons. The zero-order valence-electron chi connectivity index (χ0n) is 19.1. The van der Waals surface area contributed by atoms with Gasteiger partial charge in [-0.25, -0.2) is 18.0 Å². The number of sulfone groups is 1. The van der Waals surface area contributed by atoms with Crippen molar-refractivity contribution in [3.8, 4) is 0 Å². The number of rotatable bonds is 7. The lowest BCUT2D eigenvalue weighted by Gasteiger charge is -2.33. The van der Waals surface area contributed by atoms with E-state index in [9.17, 15) is 22.8 Å². The molecule has 10 heteroatoms. The van der Waals surface area contributed by atoms with Gasteiger partial charge in [0.15, 0.2) is 16.4 Å². The lowest BCUT2D eigenvalue weighted by Crippen LogP contribution is -2.48. The first kappa shape index (κ1) is 24.3. The van der Waals surface area contributed by atoms with Crippen LogP contribution in [0.2, 0.25) is 0 Å². The normalized spacial score (nSPS) is 20.5. The van der Waals surface area contributed by atoms with Gasteiger partial charge < -0.3 is 19.4 Å². The summed E-state index contributed by atoms with van der Waals surface area (Å²) in [5.74, 6) is -1.62. The van der Waals surface area contributed by atoms with Crippen LogP contribution in [-0.4, -0.2) is 72.4 Å². The number of nitrogens with one attached hydrogen (secondary N) is 1. The molecule has 0 spiro atoms. The van der Waals surface area contributed by atoms with E-state index in [1.807, 2.05) is 0 Å². The molecule has 1 aliphatic heterocycles. The number of esters is 2. The minimum absolute atomic E-state index is 0.0219. The Morgan fingerprint density at radius 2 is 1.72 bits per heavy atom. The summed E-state index contributed by atoms with van der Waals surface area (Å²) in [5, 5.41) is 0. The number of aryl methyl sites for hydroxylation is 1. The first-order valence-electron chi connectivity index (χ1n) is 11.1. The van der Waals surface area contributed by atoms with Crippen LogP contribution in [0.4, 0.5) is 0 Å². The lowest BCUT2D eigenvalue weighted by atomic mass is 10.1. The molecule has 0 bridgehead atoms. The summed E-state index contributed by atoms with van der Waals surface area (Å²) in [4.78, 5) is 42.5. The number of hydrogen-bond acceptors (Lipinski definition) is 7. The Balaban J connectivity index is 1.70. The van der Waals surface area contributed by atoms with Crippen LogP contribution in [0.25, 0.3) is 0 Å². The standard InChI is InChI=1S/C22H32N2O7S/c1-13(2)31-21(26)19-14(3)20(23-15(19)4)22(27)30-11-18(25)24(16-7-5-6-8-16)17-9-10-32(28,29)12-17/h13,16-17,23H,5-12H2,1-4H3. The van der Waals surface area contributed by atoms with Crippen LogP contribution in [0.15, 0.2) is 0 Å². The summed E-state index contributed by atoms with van der Waals surface area (Å²) in [6, 6.07) is -0.396. The Morgan fingerprint density at radius 1 is 1.06 bits per heavy atom. The second-order valence-electron chi connectivity index (χ2n) is 8.95. The highest BCUT2D eigenvalue weighted by atomic mass is 32.2. The first-order valence-corrected chi connectivity index (χ1v) is 12.9. The van der Waals surface area contributed by atoms with Gasteiger partial charge in [-0.2, -0.15) is 0 Å². The second kappa shape index (κ2) is 9.64. The van der Waals surface area contributed by atoms with Gasteiger partial charge in [-0.1, -0.05) is 12.8 Å². The van der Waals surface area contributed by atoms with E-state index in [1.54, 1.807) is 32.6 Å². The van der Waals surface area contributed by atoms with Crippen molar-refractivity contribution in [2.45, 2.75) is 78.0 Å². The maximum absolute atomic E-state index is 13.0. The van der Waals surface area contributed by atoms with Gasteiger partial charge in [-0.3, -0.25) is 4.79 Å². The highest BCUT2D eigenvalue weighted by Crippen LogP contribution is 2.29. The molecule has 1 atom stereocenters. The van der Waals surface area contributed by atoms with E-state index in [0.29, 0.717) is 17.7 Å². The molecule has 2 fully saturated rings. The van der Waals surface area contributed by atoms with Crippen LogP contribution in [-0.2, 0) is 24.1 Å². The smallest absolute Gasteiger partial charge is 0.355 e. The number of aromatic amines is 1. The maximum atomic E-state index is 13.0. The van der Waals surface area contributed by atoms with Gasteiger partial charge in [-0.15, -0.1) is 0 Å². The van der Waals surface area contributed by atoms with Gasteiger partial charge in [0.2, 0.25) is 0 Å². The Bertz CT molecular complexity index is 990. The maximum Gasteiger partial charge on any atom is 0.355 e. The Kier molecular flexibility index (Phi) is 7.32. The van der Waals surface area contributed by atoms with Crippen LogP contribution in [0.5, 0.6) is 0 Å². The third-order valence-electron chi connectivity index (χ3n) is 6.12.